The Labute approximate surface area is 141 Å². The third-order valence-corrected chi connectivity index (χ3v) is 6.61. The Morgan fingerprint density at radius 3 is 2.70 bits per heavy atom. The minimum absolute atomic E-state index is 0.0378. The van der Waals surface area contributed by atoms with Crippen LogP contribution in [-0.2, 0) is 27.6 Å². The Morgan fingerprint density at radius 1 is 1.26 bits per heavy atom. The number of sulfonamides is 1. The predicted molar refractivity (Wildman–Crippen MR) is 93.8 cm³/mol. The van der Waals surface area contributed by atoms with Crippen molar-refractivity contribution < 1.29 is 8.76 Å². The topological polar surface area (TPSA) is 46.6 Å². The molecule has 5 heteroatoms. The van der Waals surface area contributed by atoms with Crippen LogP contribution < -0.4 is 0 Å². The van der Waals surface area contributed by atoms with Crippen molar-refractivity contribution in [1.29, 1.82) is 0 Å². The quantitative estimate of drug-likeness (QED) is 0.798. The van der Waals surface area contributed by atoms with Crippen LogP contribution in [0.2, 0.25) is 0 Å². The van der Waals surface area contributed by atoms with E-state index in [4.69, 9.17) is 0 Å². The van der Waals surface area contributed by atoms with Crippen molar-refractivity contribution in [3.63, 3.8) is 0 Å². The molecule has 0 N–H and O–H groups in total. The van der Waals surface area contributed by atoms with E-state index in [2.05, 4.69) is 30.0 Å². The van der Waals surface area contributed by atoms with Gasteiger partial charge in [-0.25, -0.2) is 0 Å². The Hall–Kier alpha value is -0.750. The minimum atomic E-state index is -3.20. The molecule has 2 unspecified atom stereocenters. The highest BCUT2D eigenvalue weighted by Gasteiger charge is 2.45. The number of fused-ring (bicyclic) bond motifs is 1. The van der Waals surface area contributed by atoms with E-state index in [0.717, 1.165) is 37.9 Å². The summed E-state index contributed by atoms with van der Waals surface area (Å²) in [4.78, 5) is 2.57. The second kappa shape index (κ2) is 6.63. The molecule has 2 atom stereocenters. The van der Waals surface area contributed by atoms with Crippen LogP contribution in [0.25, 0.3) is 0 Å². The highest BCUT2D eigenvalue weighted by atomic mass is 32.3. The maximum absolute atomic E-state index is 12.3. The normalized spacial score (nSPS) is 29.0. The Balaban J connectivity index is 2.03. The SMILES string of the molecule is CCCN1CCCCC12Cc1ccccc1CN([S+](C)(=O)[O-])C2. The van der Waals surface area contributed by atoms with Crippen LogP contribution in [-0.4, -0.2) is 45.2 Å². The van der Waals surface area contributed by atoms with E-state index in [9.17, 15) is 8.76 Å². The van der Waals surface area contributed by atoms with Crippen LogP contribution in [0, 0.1) is 0 Å². The van der Waals surface area contributed by atoms with Gasteiger partial charge < -0.3 is 4.55 Å². The zero-order valence-electron chi connectivity index (χ0n) is 14.3. The van der Waals surface area contributed by atoms with E-state index in [0.29, 0.717) is 13.1 Å². The van der Waals surface area contributed by atoms with Gasteiger partial charge in [-0.1, -0.05) is 41.8 Å². The second-order valence-corrected chi connectivity index (χ2v) is 9.13. The summed E-state index contributed by atoms with van der Waals surface area (Å²) in [5.41, 5.74) is 2.45. The van der Waals surface area contributed by atoms with Crippen LogP contribution in [0.4, 0.5) is 0 Å². The van der Waals surface area contributed by atoms with E-state index in [-0.39, 0.29) is 5.54 Å². The molecule has 23 heavy (non-hydrogen) atoms. The predicted octanol–water partition coefficient (Wildman–Crippen LogP) is 2.85. The molecule has 0 bridgehead atoms. The van der Waals surface area contributed by atoms with Crippen molar-refractivity contribution in [3.8, 4) is 0 Å². The number of likely N-dealkylation sites (tertiary alicyclic amines) is 1. The maximum atomic E-state index is 12.3. The average Bonchev–Trinajstić information content (AvgIpc) is 2.67. The van der Waals surface area contributed by atoms with Gasteiger partial charge in [-0.2, -0.15) is 0 Å². The number of piperidine rings is 1. The molecule has 2 heterocycles. The molecule has 2 aliphatic rings. The lowest BCUT2D eigenvalue weighted by atomic mass is 9.81. The van der Waals surface area contributed by atoms with Gasteiger partial charge in [0, 0.05) is 5.54 Å². The summed E-state index contributed by atoms with van der Waals surface area (Å²) < 4.78 is 26.4. The molecule has 2 aliphatic heterocycles. The van der Waals surface area contributed by atoms with E-state index < -0.39 is 10.4 Å². The lowest BCUT2D eigenvalue weighted by molar-refractivity contribution is 0.0319. The zero-order valence-corrected chi connectivity index (χ0v) is 15.1. The Morgan fingerprint density at radius 2 is 2.00 bits per heavy atom. The van der Waals surface area contributed by atoms with Crippen molar-refractivity contribution in [1.82, 2.24) is 9.21 Å². The van der Waals surface area contributed by atoms with Crippen molar-refractivity contribution in [2.24, 2.45) is 0 Å². The molecular formula is C18H28N2O2S. The van der Waals surface area contributed by atoms with E-state index in [1.165, 1.54) is 24.7 Å². The molecule has 128 valence electrons. The van der Waals surface area contributed by atoms with Gasteiger partial charge in [-0.05, 0) is 49.9 Å². The van der Waals surface area contributed by atoms with Gasteiger partial charge in [0.2, 0.25) is 0 Å². The first kappa shape index (κ1) is 17.1. The largest absolute Gasteiger partial charge is 0.598 e. The summed E-state index contributed by atoms with van der Waals surface area (Å²) >= 11 is 0. The molecule has 1 fully saturated rings. The van der Waals surface area contributed by atoms with Gasteiger partial charge in [0.25, 0.3) is 0 Å². The first-order valence-corrected chi connectivity index (χ1v) is 10.6. The van der Waals surface area contributed by atoms with Gasteiger partial charge in [-0.15, -0.1) is 4.31 Å². The number of hydrogen-bond donors (Lipinski definition) is 0. The molecule has 1 saturated heterocycles. The van der Waals surface area contributed by atoms with E-state index in [1.807, 2.05) is 6.07 Å². The zero-order chi connectivity index (χ0) is 16.5. The van der Waals surface area contributed by atoms with Crippen molar-refractivity contribution in [2.45, 2.75) is 51.1 Å². The summed E-state index contributed by atoms with van der Waals surface area (Å²) in [5.74, 6) is 0. The van der Waals surface area contributed by atoms with Gasteiger partial charge in [-0.3, -0.25) is 4.90 Å². The lowest BCUT2D eigenvalue weighted by Gasteiger charge is -2.48. The Bertz CT molecular complexity index is 598. The molecule has 1 aromatic carbocycles. The van der Waals surface area contributed by atoms with Gasteiger partial charge in [0.05, 0.1) is 13.1 Å². The van der Waals surface area contributed by atoms with Crippen molar-refractivity contribution >= 4 is 10.4 Å². The third-order valence-electron chi connectivity index (χ3n) is 5.41. The molecule has 0 amide bonds. The second-order valence-electron chi connectivity index (χ2n) is 7.15. The molecule has 1 spiro atoms. The molecule has 0 radical (unpaired) electrons. The highest BCUT2D eigenvalue weighted by Crippen LogP contribution is 2.37. The average molecular weight is 337 g/mol. The third kappa shape index (κ3) is 3.53. The summed E-state index contributed by atoms with van der Waals surface area (Å²) in [6, 6.07) is 8.36. The molecule has 0 saturated carbocycles. The summed E-state index contributed by atoms with van der Waals surface area (Å²) in [7, 11) is -3.20. The Kier molecular flexibility index (Phi) is 4.93. The molecular weight excluding hydrogens is 308 g/mol. The smallest absolute Gasteiger partial charge is 0.122 e. The van der Waals surface area contributed by atoms with Crippen molar-refractivity contribution in [3.05, 3.63) is 35.4 Å². The fourth-order valence-electron chi connectivity index (χ4n) is 4.25. The first-order chi connectivity index (χ1) is 10.9. The highest BCUT2D eigenvalue weighted by molar-refractivity contribution is 7.94. The van der Waals surface area contributed by atoms with Gasteiger partial charge in [0.1, 0.15) is 16.7 Å². The molecule has 0 aliphatic carbocycles. The number of benzene rings is 1. The fourth-order valence-corrected chi connectivity index (χ4v) is 5.10. The molecule has 1 aromatic rings. The standard InChI is InChI=1S/C18H28N2O2S/c1-3-11-19-12-7-6-10-18(19)13-16-8-4-5-9-17(16)14-20(15-18)23(2,21)22/h4-5,8-9H,3,6-7,10-15H2,1-2H3. The van der Waals surface area contributed by atoms with Crippen molar-refractivity contribution in [2.75, 3.05) is 25.9 Å². The first-order valence-electron chi connectivity index (χ1n) is 8.71. The molecule has 0 aromatic heterocycles. The summed E-state index contributed by atoms with van der Waals surface area (Å²) in [5, 5.41) is 0. The monoisotopic (exact) mass is 336 g/mol. The molecule has 3 rings (SSSR count). The van der Waals surface area contributed by atoms with Gasteiger partial charge >= 0.3 is 0 Å². The van der Waals surface area contributed by atoms with Crippen LogP contribution in [0.1, 0.15) is 43.7 Å². The number of hydrogen-bond acceptors (Lipinski definition) is 3. The van der Waals surface area contributed by atoms with Crippen LogP contribution >= 0.6 is 0 Å². The van der Waals surface area contributed by atoms with E-state index >= 15 is 0 Å². The maximum Gasteiger partial charge on any atom is 0.122 e. The number of nitrogens with zero attached hydrogens (tertiary/aromatic N) is 2. The molecule has 4 nitrogen and oxygen atoms in total. The minimum Gasteiger partial charge on any atom is -0.598 e. The van der Waals surface area contributed by atoms with E-state index in [1.54, 1.807) is 4.31 Å². The van der Waals surface area contributed by atoms with Crippen LogP contribution in [0.3, 0.4) is 0 Å². The van der Waals surface area contributed by atoms with Gasteiger partial charge in [0.15, 0.2) is 0 Å². The van der Waals surface area contributed by atoms with Crippen LogP contribution in [0.15, 0.2) is 24.3 Å². The summed E-state index contributed by atoms with van der Waals surface area (Å²) in [6.45, 7) is 5.49. The number of rotatable bonds is 3. The summed E-state index contributed by atoms with van der Waals surface area (Å²) in [6.07, 6.45) is 6.94. The van der Waals surface area contributed by atoms with Crippen LogP contribution in [0.5, 0.6) is 0 Å². The fraction of sp³-hybridized carbons (Fsp3) is 0.667. The lowest BCUT2D eigenvalue weighted by Crippen LogP contribution is -2.59.